The molecule has 28 heavy (non-hydrogen) atoms. The number of hydrogen-bond donors (Lipinski definition) is 2. The van der Waals surface area contributed by atoms with E-state index in [4.69, 9.17) is 5.73 Å². The normalized spacial score (nSPS) is 32.8. The number of fused-ring (bicyclic) bond motifs is 1. The van der Waals surface area contributed by atoms with Crippen LogP contribution in [0.1, 0.15) is 23.6 Å². The fourth-order valence-electron chi connectivity index (χ4n) is 5.35. The van der Waals surface area contributed by atoms with E-state index in [0.29, 0.717) is 16.0 Å². The number of primary amides is 1. The molecule has 3 N–H and O–H groups in total. The lowest BCUT2D eigenvalue weighted by molar-refractivity contribution is -0.147. The summed E-state index contributed by atoms with van der Waals surface area (Å²) in [5, 5.41) is 3.03. The summed E-state index contributed by atoms with van der Waals surface area (Å²) < 4.78 is 0. The van der Waals surface area contributed by atoms with Gasteiger partial charge >= 0.3 is 6.03 Å². The number of nitrogens with one attached hydrogen (secondary N) is 1. The number of imide groups is 3. The molecule has 3 heterocycles. The molecule has 4 atom stereocenters. The second kappa shape index (κ2) is 5.07. The molecule has 7 nitrogen and oxygen atoms in total. The van der Waals surface area contributed by atoms with Crippen LogP contribution in [0.2, 0.25) is 0 Å². The van der Waals surface area contributed by atoms with E-state index in [1.807, 2.05) is 48.5 Å². The number of urea groups is 1. The molecule has 2 aromatic rings. The van der Waals surface area contributed by atoms with Gasteiger partial charge in [-0.25, -0.2) is 4.79 Å². The van der Waals surface area contributed by atoms with Crippen LogP contribution in [0.25, 0.3) is 0 Å². The predicted octanol–water partition coefficient (Wildman–Crippen LogP) is 1.01. The van der Waals surface area contributed by atoms with Crippen molar-refractivity contribution in [3.63, 3.8) is 0 Å². The number of rotatable bonds is 1. The lowest BCUT2D eigenvalue weighted by Crippen LogP contribution is -2.72. The summed E-state index contributed by atoms with van der Waals surface area (Å²) in [6.45, 7) is 1.66. The lowest BCUT2D eigenvalue weighted by atomic mass is 9.49. The molecule has 0 aromatic heterocycles. The summed E-state index contributed by atoms with van der Waals surface area (Å²) in [6.07, 6.45) is 0. The molecule has 2 saturated heterocycles. The van der Waals surface area contributed by atoms with E-state index in [2.05, 4.69) is 5.32 Å². The molecular formula is C21H17N3O4. The Hall–Kier alpha value is -3.48. The number of likely N-dealkylation sites (tertiary alicyclic amines) is 1. The summed E-state index contributed by atoms with van der Waals surface area (Å²) in [7, 11) is 0. The molecule has 0 radical (unpaired) electrons. The Kier molecular flexibility index (Phi) is 3.02. The van der Waals surface area contributed by atoms with Crippen LogP contribution in [0.4, 0.5) is 4.79 Å². The van der Waals surface area contributed by atoms with Gasteiger partial charge in [0.2, 0.25) is 17.7 Å². The molecule has 2 aromatic carbocycles. The lowest BCUT2D eigenvalue weighted by Gasteiger charge is -2.57. The first-order chi connectivity index (χ1) is 13.3. The Labute approximate surface area is 160 Å². The molecule has 2 bridgehead atoms. The molecule has 140 valence electrons. The van der Waals surface area contributed by atoms with Gasteiger partial charge < -0.3 is 11.1 Å². The molecular weight excluding hydrogens is 358 g/mol. The second-order valence-corrected chi connectivity index (χ2v) is 7.68. The summed E-state index contributed by atoms with van der Waals surface area (Å²) in [4.78, 5) is 52.1. The predicted molar refractivity (Wildman–Crippen MR) is 97.6 cm³/mol. The first-order valence-electron chi connectivity index (χ1n) is 9.00. The van der Waals surface area contributed by atoms with Gasteiger partial charge in [0, 0.05) is 0 Å². The van der Waals surface area contributed by atoms with Crippen molar-refractivity contribution in [3.8, 4) is 0 Å². The number of benzene rings is 2. The Morgan fingerprint density at radius 3 is 2.14 bits per heavy atom. The van der Waals surface area contributed by atoms with E-state index in [0.717, 1.165) is 5.56 Å². The highest BCUT2D eigenvalue weighted by Gasteiger charge is 2.74. The van der Waals surface area contributed by atoms with Crippen LogP contribution in [0.3, 0.4) is 0 Å². The smallest absolute Gasteiger partial charge is 0.328 e. The zero-order chi connectivity index (χ0) is 19.8. The van der Waals surface area contributed by atoms with Crippen LogP contribution >= 0.6 is 0 Å². The second-order valence-electron chi connectivity index (χ2n) is 7.68. The third-order valence-corrected chi connectivity index (χ3v) is 6.54. The Morgan fingerprint density at radius 2 is 1.50 bits per heavy atom. The first kappa shape index (κ1) is 16.7. The van der Waals surface area contributed by atoms with Gasteiger partial charge in [-0.1, -0.05) is 54.6 Å². The summed E-state index contributed by atoms with van der Waals surface area (Å²) in [6, 6.07) is 15.3. The topological polar surface area (TPSA) is 110 Å². The first-order valence-corrected chi connectivity index (χ1v) is 9.00. The fraction of sp³-hybridized carbons (Fsp3) is 0.238. The Balaban J connectivity index is 1.91. The third kappa shape index (κ3) is 1.61. The fourth-order valence-corrected chi connectivity index (χ4v) is 5.35. The quantitative estimate of drug-likeness (QED) is 0.725. The summed E-state index contributed by atoms with van der Waals surface area (Å²) >= 11 is 0. The standard InChI is InChI=1S/C21H17N3O4/c1-20-12-9-5-6-10-13(12)21(23-18(20)27,11-7-3-2-4-8-11)15-14(20)16(25)24(17(15)26)19(22)28/h2-10,14-15H,1H3,(H2,22,28)(H,23,27)/t14-,15-,20+,21-/m1/s1. The van der Waals surface area contributed by atoms with Crippen molar-refractivity contribution in [1.29, 1.82) is 0 Å². The van der Waals surface area contributed by atoms with E-state index < -0.39 is 40.6 Å². The van der Waals surface area contributed by atoms with Crippen LogP contribution in [0.5, 0.6) is 0 Å². The Morgan fingerprint density at radius 1 is 0.929 bits per heavy atom. The van der Waals surface area contributed by atoms with Gasteiger partial charge in [0.1, 0.15) is 5.54 Å². The van der Waals surface area contributed by atoms with Crippen molar-refractivity contribution in [1.82, 2.24) is 10.2 Å². The average Bonchev–Trinajstić information content (AvgIpc) is 2.97. The van der Waals surface area contributed by atoms with Gasteiger partial charge in [0.25, 0.3) is 0 Å². The van der Waals surface area contributed by atoms with Gasteiger partial charge in [-0.2, -0.15) is 4.90 Å². The van der Waals surface area contributed by atoms with Crippen molar-refractivity contribution >= 4 is 23.8 Å². The maximum Gasteiger partial charge on any atom is 0.328 e. The minimum atomic E-state index is -1.27. The third-order valence-electron chi connectivity index (χ3n) is 6.54. The summed E-state index contributed by atoms with van der Waals surface area (Å²) in [5.74, 6) is -3.69. The maximum atomic E-state index is 13.3. The van der Waals surface area contributed by atoms with Crippen LogP contribution in [-0.2, 0) is 25.3 Å². The molecule has 2 fully saturated rings. The molecule has 3 aliphatic heterocycles. The van der Waals surface area contributed by atoms with E-state index in [1.165, 1.54) is 0 Å². The number of carbonyl (C=O) groups excluding carboxylic acids is 4. The van der Waals surface area contributed by atoms with Crippen molar-refractivity contribution in [2.24, 2.45) is 17.6 Å². The van der Waals surface area contributed by atoms with Crippen molar-refractivity contribution < 1.29 is 19.2 Å². The molecule has 7 heteroatoms. The molecule has 6 rings (SSSR count). The number of carbonyl (C=O) groups is 4. The number of hydrogen-bond acceptors (Lipinski definition) is 4. The van der Waals surface area contributed by atoms with Crippen LogP contribution in [0, 0.1) is 11.8 Å². The minimum absolute atomic E-state index is 0.344. The van der Waals surface area contributed by atoms with E-state index in [1.54, 1.807) is 13.0 Å². The largest absolute Gasteiger partial charge is 0.351 e. The van der Waals surface area contributed by atoms with Gasteiger partial charge in [0.05, 0.1) is 17.3 Å². The highest BCUT2D eigenvalue weighted by molar-refractivity contribution is 6.20. The highest BCUT2D eigenvalue weighted by atomic mass is 16.2. The van der Waals surface area contributed by atoms with Gasteiger partial charge in [-0.15, -0.1) is 0 Å². The highest BCUT2D eigenvalue weighted by Crippen LogP contribution is 2.61. The van der Waals surface area contributed by atoms with E-state index in [-0.39, 0.29) is 5.91 Å². The van der Waals surface area contributed by atoms with Crippen molar-refractivity contribution in [2.75, 3.05) is 0 Å². The van der Waals surface area contributed by atoms with Crippen molar-refractivity contribution in [3.05, 3.63) is 71.3 Å². The van der Waals surface area contributed by atoms with E-state index >= 15 is 0 Å². The van der Waals surface area contributed by atoms with E-state index in [9.17, 15) is 19.2 Å². The average molecular weight is 375 g/mol. The maximum absolute atomic E-state index is 13.3. The van der Waals surface area contributed by atoms with Crippen LogP contribution in [0.15, 0.2) is 54.6 Å². The molecule has 5 amide bonds. The molecule has 0 saturated carbocycles. The van der Waals surface area contributed by atoms with Crippen molar-refractivity contribution in [2.45, 2.75) is 17.9 Å². The van der Waals surface area contributed by atoms with Gasteiger partial charge in [-0.3, -0.25) is 14.4 Å². The molecule has 4 aliphatic rings. The molecule has 1 aliphatic carbocycles. The number of nitrogens with zero attached hydrogens (tertiary/aromatic N) is 1. The zero-order valence-electron chi connectivity index (χ0n) is 15.0. The molecule has 0 spiro atoms. The zero-order valence-corrected chi connectivity index (χ0v) is 15.0. The number of amides is 5. The van der Waals surface area contributed by atoms with Gasteiger partial charge in [-0.05, 0) is 23.6 Å². The van der Waals surface area contributed by atoms with Crippen LogP contribution in [-0.4, -0.2) is 28.7 Å². The van der Waals surface area contributed by atoms with Gasteiger partial charge in [0.15, 0.2) is 0 Å². The van der Waals surface area contributed by atoms with Crippen LogP contribution < -0.4 is 11.1 Å². The molecule has 0 unspecified atom stereocenters. The number of piperidine rings is 1. The number of nitrogens with two attached hydrogens (primary N) is 1. The monoisotopic (exact) mass is 375 g/mol. The summed E-state index contributed by atoms with van der Waals surface area (Å²) in [5.41, 5.74) is 4.97. The Bertz CT molecular complexity index is 1080. The minimum Gasteiger partial charge on any atom is -0.351 e. The SMILES string of the molecule is C[C@]12C(=O)N[C@](c3ccccc3)(c3ccccc31)[C@H]1C(=O)N(C(N)=O)C(=O)[C@@H]12.